The van der Waals surface area contributed by atoms with Crippen LogP contribution in [0.3, 0.4) is 0 Å². The highest BCUT2D eigenvalue weighted by Crippen LogP contribution is 2.20. The minimum Gasteiger partial charge on any atom is -0.855 e. The van der Waals surface area contributed by atoms with Crippen LogP contribution in [0.25, 0.3) is 0 Å². The highest BCUT2D eigenvalue weighted by Gasteiger charge is 2.33. The Morgan fingerprint density at radius 3 is 2.24 bits per heavy atom. The largest absolute Gasteiger partial charge is 0.855 e. The Kier molecular flexibility index (Phi) is 9.50. The molecule has 0 aliphatic heterocycles. The van der Waals surface area contributed by atoms with Gasteiger partial charge in [-0.25, -0.2) is 4.79 Å². The number of quaternary nitrogens is 1. The smallest absolute Gasteiger partial charge is 0.407 e. The number of carbonyl (C=O) groups is 1. The van der Waals surface area contributed by atoms with E-state index >= 15 is 0 Å². The number of rotatable bonds is 10. The second kappa shape index (κ2) is 12.6. The van der Waals surface area contributed by atoms with Crippen LogP contribution in [-0.4, -0.2) is 53.0 Å². The third-order valence-electron chi connectivity index (χ3n) is 5.87. The Morgan fingerprint density at radius 1 is 1.03 bits per heavy atom. The second-order valence-corrected chi connectivity index (χ2v) is 10.7. The van der Waals surface area contributed by atoms with Crippen molar-refractivity contribution >= 4 is 17.7 Å². The maximum Gasteiger partial charge on any atom is 0.407 e. The molecule has 0 spiro atoms. The first-order valence-electron chi connectivity index (χ1n) is 12.7. The Hall–Kier alpha value is -3.88. The summed E-state index contributed by atoms with van der Waals surface area (Å²) in [5.74, 6) is -0.399. The highest BCUT2D eigenvalue weighted by atomic mass is 16.6. The van der Waals surface area contributed by atoms with E-state index < -0.39 is 29.7 Å². The minimum absolute atomic E-state index is 0.0562. The van der Waals surface area contributed by atoms with E-state index in [-0.39, 0.29) is 11.1 Å². The van der Waals surface area contributed by atoms with Gasteiger partial charge in [0, 0.05) is 11.3 Å². The molecule has 4 N–H and O–H groups in total. The molecule has 3 rings (SSSR count). The molecule has 3 aromatic carbocycles. The molecule has 1 amide bonds. The molecule has 3 aromatic rings. The van der Waals surface area contributed by atoms with Gasteiger partial charge in [0.05, 0.1) is 19.0 Å². The van der Waals surface area contributed by atoms with Crippen molar-refractivity contribution < 1.29 is 24.3 Å². The molecule has 0 bridgehead atoms. The lowest BCUT2D eigenvalue weighted by atomic mass is 10.0. The number of ether oxygens (including phenoxy) is 1. The van der Waals surface area contributed by atoms with Crippen molar-refractivity contribution in [2.45, 2.75) is 51.5 Å². The van der Waals surface area contributed by atoms with E-state index in [0.717, 1.165) is 11.1 Å². The first kappa shape index (κ1) is 28.7. The number of aliphatic hydroxyl groups excluding tert-OH is 1. The molecule has 38 heavy (non-hydrogen) atoms. The molecule has 8 heteroatoms. The maximum atomic E-state index is 13.1. The molecule has 202 valence electrons. The summed E-state index contributed by atoms with van der Waals surface area (Å²) in [7, 11) is 1.78. The fraction of sp³-hybridized carbons (Fsp3) is 0.333. The summed E-state index contributed by atoms with van der Waals surface area (Å²) >= 11 is 0. The van der Waals surface area contributed by atoms with Crippen molar-refractivity contribution in [3.8, 4) is 0 Å². The number of amides is 1. The van der Waals surface area contributed by atoms with Crippen LogP contribution in [0.1, 0.15) is 37.5 Å². The van der Waals surface area contributed by atoms with Gasteiger partial charge in [-0.3, -0.25) is 0 Å². The fourth-order valence-corrected chi connectivity index (χ4v) is 4.22. The number of benzene rings is 3. The third kappa shape index (κ3) is 9.21. The number of hydrogen-bond donors (Lipinski definition) is 3. The van der Waals surface area contributed by atoms with E-state index in [9.17, 15) is 15.0 Å². The van der Waals surface area contributed by atoms with Crippen LogP contribution in [0.15, 0.2) is 90.0 Å². The Balaban J connectivity index is 1.92. The van der Waals surface area contributed by atoms with E-state index in [2.05, 4.69) is 10.4 Å². The molecule has 0 aliphatic carbocycles. The highest BCUT2D eigenvalue weighted by molar-refractivity contribution is 5.89. The molecule has 0 aromatic heterocycles. The number of nitrogens with two attached hydrogens (primary N) is 1. The van der Waals surface area contributed by atoms with Crippen molar-refractivity contribution in [3.63, 3.8) is 0 Å². The zero-order chi connectivity index (χ0) is 27.8. The van der Waals surface area contributed by atoms with Crippen LogP contribution < -0.4 is 16.2 Å². The summed E-state index contributed by atoms with van der Waals surface area (Å²) in [6.07, 6.45) is -1.31. The summed E-state index contributed by atoms with van der Waals surface area (Å²) in [6, 6.07) is 25.0. The van der Waals surface area contributed by atoms with E-state index in [1.807, 2.05) is 54.6 Å². The number of alkyl carbamates (subject to hydrolysis) is 1. The first-order valence-corrected chi connectivity index (χ1v) is 12.7. The average Bonchev–Trinajstić information content (AvgIpc) is 2.83. The number of carbonyl (C=O) groups excluding carboxylic acids is 1. The molecule has 3 atom stereocenters. The number of nitrogen functional groups attached to an aromatic ring is 1. The van der Waals surface area contributed by atoms with Gasteiger partial charge in [-0.15, -0.1) is 0 Å². The van der Waals surface area contributed by atoms with Crippen LogP contribution >= 0.6 is 0 Å². The number of aliphatic hydroxyl groups is 1. The van der Waals surface area contributed by atoms with Crippen LogP contribution in [0.2, 0.25) is 0 Å². The Bertz CT molecular complexity index is 1210. The van der Waals surface area contributed by atoms with E-state index in [1.54, 1.807) is 58.2 Å². The van der Waals surface area contributed by atoms with Crippen molar-refractivity contribution in [2.24, 2.45) is 5.10 Å². The van der Waals surface area contributed by atoms with Crippen LogP contribution in [0, 0.1) is 0 Å². The molecular formula is C30H38N4O4. The van der Waals surface area contributed by atoms with Gasteiger partial charge < -0.3 is 26.0 Å². The lowest BCUT2D eigenvalue weighted by Crippen LogP contribution is -2.54. The van der Waals surface area contributed by atoms with Crippen LogP contribution in [0.5, 0.6) is 0 Å². The van der Waals surface area contributed by atoms with Gasteiger partial charge in [0.2, 0.25) is 0 Å². The molecule has 8 nitrogen and oxygen atoms in total. The molecule has 1 unspecified atom stereocenters. The SMILES string of the molecule is CC(C)(C)OC(=O)N[C@@H](Cc1ccccc1)[C@@H](O)C[N+](C)(Cc1cccc(N)c1)/N=C(\[O-])c1ccccc1. The summed E-state index contributed by atoms with van der Waals surface area (Å²) in [5.41, 5.74) is 8.15. The van der Waals surface area contributed by atoms with Crippen molar-refractivity contribution in [1.29, 1.82) is 0 Å². The van der Waals surface area contributed by atoms with Crippen LogP contribution in [-0.2, 0) is 17.7 Å². The number of nitrogens with zero attached hydrogens (tertiary/aromatic N) is 2. The number of nitrogens with one attached hydrogen (secondary N) is 1. The topological polar surface area (TPSA) is 120 Å². The summed E-state index contributed by atoms with van der Waals surface area (Å²) in [4.78, 5) is 12.7. The van der Waals surface area contributed by atoms with Gasteiger partial charge in [0.25, 0.3) is 0 Å². The van der Waals surface area contributed by atoms with Gasteiger partial charge in [0.15, 0.2) is 0 Å². The van der Waals surface area contributed by atoms with E-state index in [0.29, 0.717) is 24.2 Å². The second-order valence-electron chi connectivity index (χ2n) is 10.7. The Morgan fingerprint density at radius 2 is 1.63 bits per heavy atom. The number of hydrogen-bond acceptors (Lipinski definition) is 6. The monoisotopic (exact) mass is 518 g/mol. The lowest BCUT2D eigenvalue weighted by Gasteiger charge is -2.35. The molecular weight excluding hydrogens is 480 g/mol. The normalized spacial score (nSPS) is 15.2. The predicted octanol–water partition coefficient (Wildman–Crippen LogP) is 3.43. The average molecular weight is 519 g/mol. The third-order valence-corrected chi connectivity index (χ3v) is 5.87. The fourth-order valence-electron chi connectivity index (χ4n) is 4.22. The molecule has 0 fully saturated rings. The zero-order valence-electron chi connectivity index (χ0n) is 22.5. The summed E-state index contributed by atoms with van der Waals surface area (Å²) < 4.78 is 5.31. The Labute approximate surface area is 225 Å². The van der Waals surface area contributed by atoms with Gasteiger partial charge >= 0.3 is 6.09 Å². The van der Waals surface area contributed by atoms with Gasteiger partial charge in [-0.05, 0) is 50.5 Å². The minimum atomic E-state index is -1.05. The molecule has 0 saturated carbocycles. The molecule has 0 radical (unpaired) electrons. The van der Waals surface area contributed by atoms with E-state index in [1.165, 1.54) is 0 Å². The summed E-state index contributed by atoms with van der Waals surface area (Å²) in [5, 5.41) is 32.0. The van der Waals surface area contributed by atoms with Crippen molar-refractivity contribution in [2.75, 3.05) is 19.3 Å². The molecule has 0 aliphatic rings. The number of anilines is 1. The standard InChI is InChI=1S/C30H38N4O4/c1-30(2,3)38-29(37)32-26(19-22-12-7-5-8-13-22)27(35)21-34(4,20-23-14-11-17-25(31)18-23)33-28(36)24-15-9-6-10-16-24/h5-18,26-27,35H,19-21,31H2,1-4H3,(H-,32,33,36,37)/t26-,27-,34?/m0/s1. The molecule has 0 saturated heterocycles. The van der Waals surface area contributed by atoms with Crippen molar-refractivity contribution in [1.82, 2.24) is 5.32 Å². The lowest BCUT2D eigenvalue weighted by molar-refractivity contribution is -0.933. The zero-order valence-corrected chi connectivity index (χ0v) is 22.5. The maximum absolute atomic E-state index is 13.1. The van der Waals surface area contributed by atoms with E-state index in [4.69, 9.17) is 10.5 Å². The van der Waals surface area contributed by atoms with Gasteiger partial charge in [0.1, 0.15) is 24.8 Å². The quantitative estimate of drug-likeness (QED) is 0.125. The molecule has 0 heterocycles. The number of likely N-dealkylation sites (N-methyl/N-ethyl adjacent to an activating group) is 1. The van der Waals surface area contributed by atoms with Gasteiger partial charge in [-0.2, -0.15) is 4.59 Å². The first-order chi connectivity index (χ1) is 17.9. The van der Waals surface area contributed by atoms with Crippen LogP contribution in [0.4, 0.5) is 10.5 Å². The van der Waals surface area contributed by atoms with Crippen molar-refractivity contribution in [3.05, 3.63) is 102 Å². The van der Waals surface area contributed by atoms with Gasteiger partial charge in [-0.1, -0.05) is 77.9 Å². The summed E-state index contributed by atoms with van der Waals surface area (Å²) in [6.45, 7) is 5.71. The predicted molar refractivity (Wildman–Crippen MR) is 148 cm³/mol.